The topological polar surface area (TPSA) is 78.3 Å². The van der Waals surface area contributed by atoms with Gasteiger partial charge in [-0.2, -0.15) is 0 Å². The average molecular weight is 302 g/mol. The summed E-state index contributed by atoms with van der Waals surface area (Å²) in [5.41, 5.74) is 1.69. The summed E-state index contributed by atoms with van der Waals surface area (Å²) in [6.07, 6.45) is 0. The Bertz CT molecular complexity index is 925. The predicted octanol–water partition coefficient (Wildman–Crippen LogP) is 3.00. The first-order valence-electron chi connectivity index (χ1n) is 6.48. The predicted molar refractivity (Wildman–Crippen MR) is 77.4 cm³/mol. The molecular weight excluding hydrogens is 291 g/mol. The van der Waals surface area contributed by atoms with Crippen LogP contribution in [-0.2, 0) is 6.54 Å². The number of aryl methyl sites for hydroxylation is 1. The van der Waals surface area contributed by atoms with Gasteiger partial charge in [-0.05, 0) is 30.7 Å². The van der Waals surface area contributed by atoms with Gasteiger partial charge in [0.05, 0.1) is 23.1 Å². The van der Waals surface area contributed by atoms with Gasteiger partial charge in [-0.25, -0.2) is 9.18 Å². The average Bonchev–Trinajstić information content (AvgIpc) is 2.76. The van der Waals surface area contributed by atoms with Crippen LogP contribution in [0.25, 0.3) is 11.1 Å². The van der Waals surface area contributed by atoms with Crippen molar-refractivity contribution >= 4 is 16.8 Å². The maximum Gasteiger partial charge on any atom is 0.420 e. The number of hydrogen-bond acceptors (Lipinski definition) is 4. The maximum atomic E-state index is 12.9. The SMILES string of the molecule is Cc1cc2c(cc1[N+](=O)[O-])oc(=O)n2Cc1ccc(F)cc1. The molecule has 0 unspecified atom stereocenters. The number of nitrogens with zero attached hydrogens (tertiary/aromatic N) is 2. The Kier molecular flexibility index (Phi) is 3.25. The molecule has 0 saturated carbocycles. The zero-order valence-corrected chi connectivity index (χ0v) is 11.6. The summed E-state index contributed by atoms with van der Waals surface area (Å²) in [6, 6.07) is 8.53. The van der Waals surface area contributed by atoms with Crippen molar-refractivity contribution in [2.24, 2.45) is 0 Å². The first-order chi connectivity index (χ1) is 10.5. The number of benzene rings is 2. The van der Waals surface area contributed by atoms with Gasteiger partial charge >= 0.3 is 5.76 Å². The lowest BCUT2D eigenvalue weighted by molar-refractivity contribution is -0.385. The van der Waals surface area contributed by atoms with Crippen LogP contribution < -0.4 is 5.76 Å². The number of oxazole rings is 1. The van der Waals surface area contributed by atoms with E-state index in [1.807, 2.05) is 0 Å². The van der Waals surface area contributed by atoms with Crippen molar-refractivity contribution in [3.63, 3.8) is 0 Å². The number of aromatic nitrogens is 1. The second kappa shape index (κ2) is 5.10. The van der Waals surface area contributed by atoms with Crippen LogP contribution in [0, 0.1) is 22.9 Å². The van der Waals surface area contributed by atoms with Gasteiger partial charge in [0.15, 0.2) is 5.58 Å². The second-order valence-corrected chi connectivity index (χ2v) is 4.94. The highest BCUT2D eigenvalue weighted by Crippen LogP contribution is 2.25. The van der Waals surface area contributed by atoms with Crippen molar-refractivity contribution in [2.45, 2.75) is 13.5 Å². The summed E-state index contributed by atoms with van der Waals surface area (Å²) < 4.78 is 19.3. The smallest absolute Gasteiger partial charge is 0.407 e. The molecule has 7 heteroatoms. The first kappa shape index (κ1) is 14.0. The molecule has 0 spiro atoms. The number of rotatable bonds is 3. The molecular formula is C15H11FN2O4. The molecule has 2 aromatic carbocycles. The number of nitro benzene ring substituents is 1. The van der Waals surface area contributed by atoms with Gasteiger partial charge in [0.1, 0.15) is 5.82 Å². The Morgan fingerprint density at radius 1 is 1.27 bits per heavy atom. The molecule has 0 aliphatic rings. The molecule has 0 bridgehead atoms. The highest BCUT2D eigenvalue weighted by atomic mass is 19.1. The van der Waals surface area contributed by atoms with Crippen LogP contribution in [0.5, 0.6) is 0 Å². The van der Waals surface area contributed by atoms with E-state index in [4.69, 9.17) is 4.42 Å². The van der Waals surface area contributed by atoms with Crippen molar-refractivity contribution in [2.75, 3.05) is 0 Å². The maximum absolute atomic E-state index is 12.9. The van der Waals surface area contributed by atoms with Crippen molar-refractivity contribution in [1.29, 1.82) is 0 Å². The standard InChI is InChI=1S/C15H11FN2O4/c1-9-6-13-14(7-12(9)18(20)21)22-15(19)17(13)8-10-2-4-11(16)5-3-10/h2-7H,8H2,1H3. The largest absolute Gasteiger partial charge is 0.420 e. The molecule has 0 atom stereocenters. The van der Waals surface area contributed by atoms with Gasteiger partial charge < -0.3 is 4.42 Å². The zero-order chi connectivity index (χ0) is 15.9. The molecule has 0 radical (unpaired) electrons. The molecule has 3 aromatic rings. The van der Waals surface area contributed by atoms with Crippen LogP contribution in [-0.4, -0.2) is 9.49 Å². The van der Waals surface area contributed by atoms with E-state index in [0.29, 0.717) is 11.1 Å². The van der Waals surface area contributed by atoms with Crippen LogP contribution in [0.4, 0.5) is 10.1 Å². The lowest BCUT2D eigenvalue weighted by atomic mass is 10.1. The van der Waals surface area contributed by atoms with E-state index in [0.717, 1.165) is 5.56 Å². The molecule has 0 aliphatic heterocycles. The van der Waals surface area contributed by atoms with Gasteiger partial charge in [-0.3, -0.25) is 14.7 Å². The van der Waals surface area contributed by atoms with Crippen molar-refractivity contribution < 1.29 is 13.7 Å². The molecule has 22 heavy (non-hydrogen) atoms. The Labute approximate surface area is 123 Å². The van der Waals surface area contributed by atoms with Gasteiger partial charge in [-0.1, -0.05) is 12.1 Å². The summed E-state index contributed by atoms with van der Waals surface area (Å²) in [5, 5.41) is 10.9. The summed E-state index contributed by atoms with van der Waals surface area (Å²) in [5.74, 6) is -0.973. The third-order valence-corrected chi connectivity index (χ3v) is 3.44. The minimum Gasteiger partial charge on any atom is -0.407 e. The van der Waals surface area contributed by atoms with Gasteiger partial charge in [0.25, 0.3) is 5.69 Å². The van der Waals surface area contributed by atoms with Crippen LogP contribution in [0.2, 0.25) is 0 Å². The first-order valence-corrected chi connectivity index (χ1v) is 6.48. The molecule has 0 aliphatic carbocycles. The van der Waals surface area contributed by atoms with Crippen LogP contribution in [0.1, 0.15) is 11.1 Å². The lowest BCUT2D eigenvalue weighted by Crippen LogP contribution is -2.14. The van der Waals surface area contributed by atoms with E-state index >= 15 is 0 Å². The molecule has 0 fully saturated rings. The number of nitro groups is 1. The Morgan fingerprint density at radius 3 is 2.59 bits per heavy atom. The van der Waals surface area contributed by atoms with Crippen molar-refractivity contribution in [1.82, 2.24) is 4.57 Å². The van der Waals surface area contributed by atoms with Crippen LogP contribution >= 0.6 is 0 Å². The molecule has 3 rings (SSSR count). The Balaban J connectivity index is 2.12. The molecule has 1 heterocycles. The van der Waals surface area contributed by atoms with E-state index in [1.165, 1.54) is 22.8 Å². The minimum atomic E-state index is -0.612. The Morgan fingerprint density at radius 2 is 1.95 bits per heavy atom. The quantitative estimate of drug-likeness (QED) is 0.550. The summed E-state index contributed by atoms with van der Waals surface area (Å²) in [4.78, 5) is 22.4. The van der Waals surface area contributed by atoms with E-state index in [1.54, 1.807) is 25.1 Å². The highest BCUT2D eigenvalue weighted by molar-refractivity contribution is 5.77. The van der Waals surface area contributed by atoms with E-state index in [-0.39, 0.29) is 23.6 Å². The fourth-order valence-corrected chi connectivity index (χ4v) is 2.32. The number of fused-ring (bicyclic) bond motifs is 1. The lowest BCUT2D eigenvalue weighted by Gasteiger charge is -2.03. The van der Waals surface area contributed by atoms with Crippen LogP contribution in [0.15, 0.2) is 45.6 Å². The van der Waals surface area contributed by atoms with Crippen LogP contribution in [0.3, 0.4) is 0 Å². The van der Waals surface area contributed by atoms with E-state index < -0.39 is 10.7 Å². The molecule has 1 aromatic heterocycles. The summed E-state index contributed by atoms with van der Waals surface area (Å²) in [7, 11) is 0. The fraction of sp³-hybridized carbons (Fsp3) is 0.133. The van der Waals surface area contributed by atoms with Gasteiger partial charge in [-0.15, -0.1) is 0 Å². The molecule has 0 amide bonds. The van der Waals surface area contributed by atoms with Gasteiger partial charge in [0, 0.05) is 5.56 Å². The number of halogens is 1. The molecule has 0 saturated heterocycles. The summed E-state index contributed by atoms with van der Waals surface area (Å²) in [6.45, 7) is 1.79. The highest BCUT2D eigenvalue weighted by Gasteiger charge is 2.17. The molecule has 6 nitrogen and oxygen atoms in total. The van der Waals surface area contributed by atoms with E-state index in [9.17, 15) is 19.3 Å². The zero-order valence-electron chi connectivity index (χ0n) is 11.6. The Hall–Kier alpha value is -2.96. The number of hydrogen-bond donors (Lipinski definition) is 0. The van der Waals surface area contributed by atoms with Gasteiger partial charge in [0.2, 0.25) is 0 Å². The van der Waals surface area contributed by atoms with Crippen molar-refractivity contribution in [3.05, 3.63) is 74.0 Å². The summed E-state index contributed by atoms with van der Waals surface area (Å²) >= 11 is 0. The molecule has 0 N–H and O–H groups in total. The molecule has 112 valence electrons. The monoisotopic (exact) mass is 302 g/mol. The van der Waals surface area contributed by atoms with Crippen molar-refractivity contribution in [3.8, 4) is 0 Å². The van der Waals surface area contributed by atoms with E-state index in [2.05, 4.69) is 0 Å². The second-order valence-electron chi connectivity index (χ2n) is 4.94. The third-order valence-electron chi connectivity index (χ3n) is 3.44. The normalized spacial score (nSPS) is 11.0. The fourth-order valence-electron chi connectivity index (χ4n) is 2.32. The minimum absolute atomic E-state index is 0.102. The third kappa shape index (κ3) is 2.37.